The lowest BCUT2D eigenvalue weighted by Gasteiger charge is -2.50. The Morgan fingerprint density at radius 1 is 1.35 bits per heavy atom. The summed E-state index contributed by atoms with van der Waals surface area (Å²) in [4.78, 5) is 12.5. The van der Waals surface area contributed by atoms with E-state index in [1.807, 2.05) is 19.1 Å². The van der Waals surface area contributed by atoms with Gasteiger partial charge in [0, 0.05) is 18.4 Å². The van der Waals surface area contributed by atoms with Gasteiger partial charge in [-0.2, -0.15) is 0 Å². The normalized spacial score (nSPS) is 38.8. The van der Waals surface area contributed by atoms with Crippen molar-refractivity contribution in [2.75, 3.05) is 6.61 Å². The molecular formula is C20H26O3. The number of hydrogen-bond acceptors (Lipinski definition) is 3. The first kappa shape index (κ1) is 15.2. The van der Waals surface area contributed by atoms with Crippen molar-refractivity contribution >= 4 is 5.78 Å². The Labute approximate surface area is 138 Å². The lowest BCUT2D eigenvalue weighted by atomic mass is 9.55. The third kappa shape index (κ3) is 2.16. The van der Waals surface area contributed by atoms with Gasteiger partial charge in [0.1, 0.15) is 11.9 Å². The van der Waals surface area contributed by atoms with E-state index in [1.54, 1.807) is 0 Å². The highest BCUT2D eigenvalue weighted by molar-refractivity contribution is 5.87. The van der Waals surface area contributed by atoms with Crippen molar-refractivity contribution in [3.05, 3.63) is 29.3 Å². The molecule has 4 rings (SSSR count). The maximum Gasteiger partial charge on any atom is 0.162 e. The summed E-state index contributed by atoms with van der Waals surface area (Å²) in [7, 11) is 0. The molecule has 0 aromatic heterocycles. The summed E-state index contributed by atoms with van der Waals surface area (Å²) in [6.45, 7) is 4.89. The van der Waals surface area contributed by atoms with Gasteiger partial charge in [0.05, 0.1) is 0 Å². The molecule has 0 saturated heterocycles. The molecular weight excluding hydrogens is 288 g/mol. The van der Waals surface area contributed by atoms with Crippen molar-refractivity contribution in [3.8, 4) is 5.75 Å². The minimum Gasteiger partial charge on any atom is -0.508 e. The first-order valence-corrected chi connectivity index (χ1v) is 9.00. The van der Waals surface area contributed by atoms with Crippen molar-refractivity contribution in [3.63, 3.8) is 0 Å². The molecule has 23 heavy (non-hydrogen) atoms. The fourth-order valence-electron chi connectivity index (χ4n) is 5.77. The summed E-state index contributed by atoms with van der Waals surface area (Å²) in [5, 5.41) is 9.74. The Morgan fingerprint density at radius 3 is 2.96 bits per heavy atom. The molecule has 0 radical (unpaired) electrons. The van der Waals surface area contributed by atoms with E-state index in [9.17, 15) is 9.90 Å². The molecule has 0 amide bonds. The van der Waals surface area contributed by atoms with Crippen LogP contribution in [0.4, 0.5) is 0 Å². The minimum absolute atomic E-state index is 0.0166. The van der Waals surface area contributed by atoms with E-state index in [0.29, 0.717) is 42.3 Å². The van der Waals surface area contributed by atoms with Crippen molar-refractivity contribution in [2.45, 2.75) is 58.0 Å². The largest absolute Gasteiger partial charge is 0.508 e. The number of carbonyl (C=O) groups is 1. The molecule has 0 unspecified atom stereocenters. The van der Waals surface area contributed by atoms with Gasteiger partial charge < -0.3 is 9.84 Å². The third-order valence-electron chi connectivity index (χ3n) is 6.79. The molecule has 3 aliphatic carbocycles. The van der Waals surface area contributed by atoms with Gasteiger partial charge in [0.2, 0.25) is 0 Å². The molecule has 2 fully saturated rings. The number of Topliss-reactive ketones (excluding diaryl/α,β-unsaturated/α-hetero) is 1. The fourth-order valence-corrected chi connectivity index (χ4v) is 5.77. The maximum atomic E-state index is 12.5. The predicted molar refractivity (Wildman–Crippen MR) is 88.5 cm³/mol. The Kier molecular flexibility index (Phi) is 3.53. The van der Waals surface area contributed by atoms with E-state index in [2.05, 4.69) is 13.0 Å². The minimum atomic E-state index is -0.195. The Bertz CT molecular complexity index is 638. The van der Waals surface area contributed by atoms with E-state index >= 15 is 0 Å². The van der Waals surface area contributed by atoms with Crippen LogP contribution in [-0.4, -0.2) is 23.6 Å². The smallest absolute Gasteiger partial charge is 0.162 e. The number of phenols is 1. The van der Waals surface area contributed by atoms with E-state index in [4.69, 9.17) is 4.74 Å². The lowest BCUT2D eigenvalue weighted by Crippen LogP contribution is -2.45. The molecule has 5 atom stereocenters. The second-order valence-electron chi connectivity index (χ2n) is 7.85. The van der Waals surface area contributed by atoms with Crippen LogP contribution in [-0.2, 0) is 16.0 Å². The molecule has 2 saturated carbocycles. The predicted octanol–water partition coefficient (Wildman–Crippen LogP) is 3.83. The summed E-state index contributed by atoms with van der Waals surface area (Å²) in [6, 6.07) is 5.86. The van der Waals surface area contributed by atoms with Gasteiger partial charge in [0.25, 0.3) is 0 Å². The molecule has 3 nitrogen and oxygen atoms in total. The van der Waals surface area contributed by atoms with Gasteiger partial charge in [-0.25, -0.2) is 0 Å². The zero-order chi connectivity index (χ0) is 16.2. The zero-order valence-corrected chi connectivity index (χ0v) is 14.0. The van der Waals surface area contributed by atoms with Crippen LogP contribution in [0.1, 0.15) is 56.6 Å². The summed E-state index contributed by atoms with van der Waals surface area (Å²) in [5.74, 6) is 2.27. The van der Waals surface area contributed by atoms with Crippen LogP contribution in [0.5, 0.6) is 5.75 Å². The number of benzene rings is 1. The van der Waals surface area contributed by atoms with Crippen molar-refractivity contribution in [1.29, 1.82) is 0 Å². The average molecular weight is 314 g/mol. The van der Waals surface area contributed by atoms with E-state index in [-0.39, 0.29) is 11.5 Å². The van der Waals surface area contributed by atoms with Crippen molar-refractivity contribution < 1.29 is 14.6 Å². The average Bonchev–Trinajstić information content (AvgIpc) is 2.79. The molecule has 0 aliphatic heterocycles. The Hall–Kier alpha value is -1.35. The SMILES string of the molecule is CCO[C@H]1C(=O)C[C@H]2[C@@H]3CCc4cc(O)ccc4[C@H]3CC[C@]12C. The van der Waals surface area contributed by atoms with Crippen LogP contribution in [0, 0.1) is 17.3 Å². The van der Waals surface area contributed by atoms with Gasteiger partial charge in [-0.05, 0) is 73.6 Å². The number of fused-ring (bicyclic) bond motifs is 5. The summed E-state index contributed by atoms with van der Waals surface area (Å²) in [6.07, 6.45) is 4.84. The molecule has 124 valence electrons. The molecule has 1 N–H and O–H groups in total. The monoisotopic (exact) mass is 314 g/mol. The highest BCUT2D eigenvalue weighted by atomic mass is 16.5. The number of phenolic OH excluding ortho intramolecular Hbond substituents is 1. The Morgan fingerprint density at radius 2 is 2.17 bits per heavy atom. The first-order valence-electron chi connectivity index (χ1n) is 9.00. The molecule has 0 heterocycles. The molecule has 3 aliphatic rings. The van der Waals surface area contributed by atoms with Gasteiger partial charge >= 0.3 is 0 Å². The van der Waals surface area contributed by atoms with Gasteiger partial charge in [-0.1, -0.05) is 13.0 Å². The quantitative estimate of drug-likeness (QED) is 0.902. The summed E-state index contributed by atoms with van der Waals surface area (Å²) < 4.78 is 5.87. The lowest BCUT2D eigenvalue weighted by molar-refractivity contribution is -0.133. The fraction of sp³-hybridized carbons (Fsp3) is 0.650. The standard InChI is InChI=1S/C20H26O3/c1-3-23-19-18(22)11-17-16-6-4-12-10-13(21)5-7-14(12)15(16)8-9-20(17,19)2/h5,7,10,15-17,19,21H,3-4,6,8-9,11H2,1-2H3/t15-,16-,17+,19+,20+/m1/s1. The second kappa shape index (κ2) is 5.34. The first-order chi connectivity index (χ1) is 11.0. The van der Waals surface area contributed by atoms with E-state index in [1.165, 1.54) is 11.1 Å². The maximum absolute atomic E-state index is 12.5. The molecule has 1 aromatic carbocycles. The number of carbonyl (C=O) groups excluding carboxylic acids is 1. The van der Waals surface area contributed by atoms with Crippen LogP contribution in [0.25, 0.3) is 0 Å². The van der Waals surface area contributed by atoms with Crippen LogP contribution in [0.15, 0.2) is 18.2 Å². The molecule has 1 aromatic rings. The Balaban J connectivity index is 1.68. The third-order valence-corrected chi connectivity index (χ3v) is 6.79. The number of ether oxygens (including phenoxy) is 1. The van der Waals surface area contributed by atoms with Crippen LogP contribution < -0.4 is 0 Å². The van der Waals surface area contributed by atoms with Crippen LogP contribution >= 0.6 is 0 Å². The topological polar surface area (TPSA) is 46.5 Å². The number of aromatic hydroxyl groups is 1. The number of rotatable bonds is 2. The van der Waals surface area contributed by atoms with Crippen LogP contribution in [0.3, 0.4) is 0 Å². The van der Waals surface area contributed by atoms with E-state index < -0.39 is 0 Å². The zero-order valence-electron chi connectivity index (χ0n) is 14.0. The van der Waals surface area contributed by atoms with Crippen molar-refractivity contribution in [2.24, 2.45) is 17.3 Å². The molecule has 0 bridgehead atoms. The molecule has 3 heteroatoms. The number of hydrogen-bond donors (Lipinski definition) is 1. The van der Waals surface area contributed by atoms with E-state index in [0.717, 1.165) is 25.7 Å². The van der Waals surface area contributed by atoms with Crippen molar-refractivity contribution in [1.82, 2.24) is 0 Å². The molecule has 0 spiro atoms. The van der Waals surface area contributed by atoms with Crippen LogP contribution in [0.2, 0.25) is 0 Å². The highest BCUT2D eigenvalue weighted by Crippen LogP contribution is 2.60. The summed E-state index contributed by atoms with van der Waals surface area (Å²) >= 11 is 0. The second-order valence-corrected chi connectivity index (χ2v) is 7.85. The van der Waals surface area contributed by atoms with Gasteiger partial charge in [0.15, 0.2) is 5.78 Å². The summed E-state index contributed by atoms with van der Waals surface area (Å²) in [5.41, 5.74) is 2.73. The number of aryl methyl sites for hydroxylation is 1. The highest BCUT2D eigenvalue weighted by Gasteiger charge is 2.58. The van der Waals surface area contributed by atoms with Gasteiger partial charge in [-0.3, -0.25) is 4.79 Å². The number of ketones is 1. The van der Waals surface area contributed by atoms with Gasteiger partial charge in [-0.15, -0.1) is 0 Å².